The van der Waals surface area contributed by atoms with Gasteiger partial charge >= 0.3 is 6.03 Å². The van der Waals surface area contributed by atoms with Crippen molar-refractivity contribution in [2.45, 2.75) is 12.5 Å². The molecule has 0 spiro atoms. The largest absolute Gasteiger partial charge is 0.331 e. The van der Waals surface area contributed by atoms with E-state index in [1.54, 1.807) is 36.0 Å². The second kappa shape index (κ2) is 7.11. The van der Waals surface area contributed by atoms with Crippen molar-refractivity contribution in [1.82, 2.24) is 14.7 Å². The summed E-state index contributed by atoms with van der Waals surface area (Å²) < 4.78 is 0. The first-order chi connectivity index (χ1) is 12.0. The molecule has 2 saturated heterocycles. The molecule has 0 saturated carbocycles. The van der Waals surface area contributed by atoms with Gasteiger partial charge in [-0.15, -0.1) is 0 Å². The topological polar surface area (TPSA) is 70.9 Å². The maximum atomic E-state index is 12.8. The highest BCUT2D eigenvalue weighted by Crippen LogP contribution is 2.25. The van der Waals surface area contributed by atoms with Gasteiger partial charge in [0.2, 0.25) is 5.91 Å². The summed E-state index contributed by atoms with van der Waals surface area (Å²) in [5.41, 5.74) is 1.43. The summed E-state index contributed by atoms with van der Waals surface area (Å²) in [6.07, 6.45) is 0.792. The van der Waals surface area contributed by atoms with Crippen LogP contribution in [0.4, 0.5) is 10.5 Å². The number of benzene rings is 1. The van der Waals surface area contributed by atoms with Gasteiger partial charge in [0, 0.05) is 52.5 Å². The molecular formula is C18H23N5O2. The Balaban J connectivity index is 1.61. The summed E-state index contributed by atoms with van der Waals surface area (Å²) in [5.74, 6) is 0.108. The van der Waals surface area contributed by atoms with Crippen LogP contribution in [0.15, 0.2) is 24.3 Å². The molecule has 2 heterocycles. The van der Waals surface area contributed by atoms with E-state index in [4.69, 9.17) is 5.26 Å². The molecule has 2 aliphatic heterocycles. The van der Waals surface area contributed by atoms with Crippen molar-refractivity contribution in [2.75, 3.05) is 51.7 Å². The van der Waals surface area contributed by atoms with Crippen LogP contribution >= 0.6 is 0 Å². The molecule has 0 radical (unpaired) electrons. The number of rotatable bonds is 2. The van der Waals surface area contributed by atoms with Crippen molar-refractivity contribution < 1.29 is 9.59 Å². The molecule has 1 atom stereocenters. The lowest BCUT2D eigenvalue weighted by molar-refractivity contribution is -0.122. The van der Waals surface area contributed by atoms with Crippen LogP contribution in [0.25, 0.3) is 0 Å². The maximum Gasteiger partial charge on any atom is 0.319 e. The SMILES string of the molecule is CN(C)C(=O)N1CCN(C2CCN(c3ccc(C#N)cc3)C2=O)CC1. The molecule has 1 aromatic rings. The van der Waals surface area contributed by atoms with Crippen molar-refractivity contribution in [3.05, 3.63) is 29.8 Å². The van der Waals surface area contributed by atoms with Crippen molar-refractivity contribution in [3.8, 4) is 6.07 Å². The first-order valence-electron chi connectivity index (χ1n) is 8.53. The third kappa shape index (κ3) is 3.44. The lowest BCUT2D eigenvalue weighted by Gasteiger charge is -2.38. The normalized spacial score (nSPS) is 21.3. The van der Waals surface area contributed by atoms with Gasteiger partial charge in [0.05, 0.1) is 17.7 Å². The Labute approximate surface area is 148 Å². The van der Waals surface area contributed by atoms with Gasteiger partial charge in [-0.3, -0.25) is 9.69 Å². The molecule has 0 N–H and O–H groups in total. The smallest absolute Gasteiger partial charge is 0.319 e. The number of carbonyl (C=O) groups excluding carboxylic acids is 2. The molecule has 0 bridgehead atoms. The van der Waals surface area contributed by atoms with E-state index >= 15 is 0 Å². The van der Waals surface area contributed by atoms with Gasteiger partial charge in [-0.25, -0.2) is 4.79 Å². The highest BCUT2D eigenvalue weighted by molar-refractivity contribution is 5.99. The molecule has 3 amide bonds. The first-order valence-corrected chi connectivity index (χ1v) is 8.53. The molecule has 132 valence electrons. The fraction of sp³-hybridized carbons (Fsp3) is 0.500. The van der Waals surface area contributed by atoms with Crippen molar-refractivity contribution >= 4 is 17.6 Å². The number of anilines is 1. The van der Waals surface area contributed by atoms with Crippen molar-refractivity contribution in [2.24, 2.45) is 0 Å². The second-order valence-electron chi connectivity index (χ2n) is 6.65. The van der Waals surface area contributed by atoms with Gasteiger partial charge in [-0.05, 0) is 30.7 Å². The van der Waals surface area contributed by atoms with E-state index in [-0.39, 0.29) is 18.0 Å². The van der Waals surface area contributed by atoms with Crippen LogP contribution < -0.4 is 4.90 Å². The van der Waals surface area contributed by atoms with Crippen LogP contribution in [0.2, 0.25) is 0 Å². The highest BCUT2D eigenvalue weighted by Gasteiger charge is 2.38. The second-order valence-corrected chi connectivity index (χ2v) is 6.65. The fourth-order valence-electron chi connectivity index (χ4n) is 3.48. The van der Waals surface area contributed by atoms with Crippen LogP contribution in [-0.2, 0) is 4.79 Å². The molecule has 2 aliphatic rings. The molecule has 1 unspecified atom stereocenters. The average molecular weight is 341 g/mol. The predicted octanol–water partition coefficient (Wildman–Crippen LogP) is 0.963. The lowest BCUT2D eigenvalue weighted by Crippen LogP contribution is -2.55. The molecular weight excluding hydrogens is 318 g/mol. The molecule has 0 aromatic heterocycles. The molecule has 0 aliphatic carbocycles. The van der Waals surface area contributed by atoms with Crippen LogP contribution in [0.3, 0.4) is 0 Å². The number of carbonyl (C=O) groups is 2. The Hall–Kier alpha value is -2.59. The summed E-state index contributed by atoms with van der Waals surface area (Å²) in [7, 11) is 3.51. The quantitative estimate of drug-likeness (QED) is 0.803. The molecule has 3 rings (SSSR count). The van der Waals surface area contributed by atoms with E-state index in [1.807, 2.05) is 17.0 Å². The monoisotopic (exact) mass is 341 g/mol. The summed E-state index contributed by atoms with van der Waals surface area (Å²) in [6.45, 7) is 3.43. The number of amides is 3. The minimum absolute atomic E-state index is 0.0246. The van der Waals surface area contributed by atoms with Crippen LogP contribution in [-0.4, -0.2) is 79.5 Å². The van der Waals surface area contributed by atoms with Gasteiger partial charge in [0.25, 0.3) is 0 Å². The zero-order chi connectivity index (χ0) is 18.0. The Morgan fingerprint density at radius 3 is 2.32 bits per heavy atom. The predicted molar refractivity (Wildman–Crippen MR) is 94.1 cm³/mol. The number of hydrogen-bond donors (Lipinski definition) is 0. The van der Waals surface area contributed by atoms with Crippen molar-refractivity contribution in [3.63, 3.8) is 0 Å². The molecule has 7 heteroatoms. The first kappa shape index (κ1) is 17.2. The van der Waals surface area contributed by atoms with E-state index in [9.17, 15) is 9.59 Å². The molecule has 7 nitrogen and oxygen atoms in total. The standard InChI is InChI=1S/C18H23N5O2/c1-20(2)18(25)22-11-9-21(10-12-22)16-7-8-23(17(16)24)15-5-3-14(13-19)4-6-15/h3-6,16H,7-12H2,1-2H3. The molecule has 1 aromatic carbocycles. The van der Waals surface area contributed by atoms with E-state index in [2.05, 4.69) is 11.0 Å². The van der Waals surface area contributed by atoms with Crippen LogP contribution in [0, 0.1) is 11.3 Å². The van der Waals surface area contributed by atoms with Crippen molar-refractivity contribution in [1.29, 1.82) is 5.26 Å². The van der Waals surface area contributed by atoms with E-state index < -0.39 is 0 Å². The van der Waals surface area contributed by atoms with Crippen LogP contribution in [0.1, 0.15) is 12.0 Å². The molecule has 25 heavy (non-hydrogen) atoms. The summed E-state index contributed by atoms with van der Waals surface area (Å²) in [5, 5.41) is 8.88. The highest BCUT2D eigenvalue weighted by atomic mass is 16.2. The number of nitriles is 1. The van der Waals surface area contributed by atoms with E-state index in [1.165, 1.54) is 0 Å². The summed E-state index contributed by atoms with van der Waals surface area (Å²) in [6, 6.07) is 9.12. The Morgan fingerprint density at radius 1 is 1.12 bits per heavy atom. The Bertz CT molecular complexity index is 686. The van der Waals surface area contributed by atoms with Gasteiger partial charge in [-0.1, -0.05) is 0 Å². The van der Waals surface area contributed by atoms with Gasteiger partial charge in [-0.2, -0.15) is 5.26 Å². The zero-order valence-electron chi connectivity index (χ0n) is 14.7. The van der Waals surface area contributed by atoms with E-state index in [0.29, 0.717) is 25.2 Å². The van der Waals surface area contributed by atoms with E-state index in [0.717, 1.165) is 25.2 Å². The number of piperazine rings is 1. The minimum Gasteiger partial charge on any atom is -0.331 e. The van der Waals surface area contributed by atoms with Crippen LogP contribution in [0.5, 0.6) is 0 Å². The number of nitrogens with zero attached hydrogens (tertiary/aromatic N) is 5. The van der Waals surface area contributed by atoms with Gasteiger partial charge in [0.1, 0.15) is 0 Å². The number of hydrogen-bond acceptors (Lipinski definition) is 4. The summed E-state index contributed by atoms with van der Waals surface area (Å²) >= 11 is 0. The lowest BCUT2D eigenvalue weighted by atomic mass is 10.2. The summed E-state index contributed by atoms with van der Waals surface area (Å²) in [4.78, 5) is 32.2. The minimum atomic E-state index is -0.118. The maximum absolute atomic E-state index is 12.8. The zero-order valence-corrected chi connectivity index (χ0v) is 14.7. The third-order valence-electron chi connectivity index (χ3n) is 4.89. The Morgan fingerprint density at radius 2 is 1.76 bits per heavy atom. The van der Waals surface area contributed by atoms with Gasteiger partial charge < -0.3 is 14.7 Å². The Kier molecular flexibility index (Phi) is 4.91. The third-order valence-corrected chi connectivity index (χ3v) is 4.89. The van der Waals surface area contributed by atoms with Gasteiger partial charge in [0.15, 0.2) is 0 Å². The number of urea groups is 1. The average Bonchev–Trinajstić information content (AvgIpc) is 3.02. The fourth-order valence-corrected chi connectivity index (χ4v) is 3.48. The molecule has 2 fully saturated rings.